The molecule has 1 aliphatic heterocycles. The molecule has 0 spiro atoms. The van der Waals surface area contributed by atoms with Gasteiger partial charge in [0.1, 0.15) is 0 Å². The standard InChI is InChI=1S/C15H15NO3/c16-12-4-1-9(2-5-12)11-7-10-3-6-13(17)14(18)15(10)19-8-11/h1-6,11,17-18H,7-8,16H2. The molecular weight excluding hydrogens is 242 g/mol. The zero-order valence-corrected chi connectivity index (χ0v) is 10.3. The summed E-state index contributed by atoms with van der Waals surface area (Å²) in [5.74, 6) is 0.307. The molecule has 3 rings (SSSR count). The highest BCUT2D eigenvalue weighted by atomic mass is 16.5. The number of hydrogen-bond donors (Lipinski definition) is 3. The molecule has 2 aromatic rings. The Hall–Kier alpha value is -2.36. The maximum absolute atomic E-state index is 9.75. The van der Waals surface area contributed by atoms with E-state index in [1.807, 2.05) is 24.3 Å². The Morgan fingerprint density at radius 1 is 1.05 bits per heavy atom. The molecule has 1 unspecified atom stereocenters. The van der Waals surface area contributed by atoms with Gasteiger partial charge in [0.15, 0.2) is 11.5 Å². The number of benzene rings is 2. The van der Waals surface area contributed by atoms with Gasteiger partial charge in [0, 0.05) is 11.6 Å². The summed E-state index contributed by atoms with van der Waals surface area (Å²) in [7, 11) is 0. The maximum atomic E-state index is 9.75. The van der Waals surface area contributed by atoms with Gasteiger partial charge in [-0.2, -0.15) is 0 Å². The van der Waals surface area contributed by atoms with Crippen LogP contribution in [0.15, 0.2) is 36.4 Å². The normalized spacial score (nSPS) is 17.6. The summed E-state index contributed by atoms with van der Waals surface area (Å²) in [6, 6.07) is 11.0. The molecule has 0 fully saturated rings. The molecule has 0 aromatic heterocycles. The number of nitrogen functional groups attached to an aromatic ring is 1. The molecule has 0 radical (unpaired) electrons. The number of hydrogen-bond acceptors (Lipinski definition) is 4. The van der Waals surface area contributed by atoms with E-state index in [0.717, 1.165) is 23.2 Å². The van der Waals surface area contributed by atoms with Crippen molar-refractivity contribution in [1.82, 2.24) is 0 Å². The summed E-state index contributed by atoms with van der Waals surface area (Å²) in [6.45, 7) is 0.480. The van der Waals surface area contributed by atoms with Crippen molar-refractivity contribution in [3.05, 3.63) is 47.5 Å². The van der Waals surface area contributed by atoms with E-state index in [2.05, 4.69) is 0 Å². The van der Waals surface area contributed by atoms with Crippen molar-refractivity contribution in [2.75, 3.05) is 12.3 Å². The van der Waals surface area contributed by atoms with Gasteiger partial charge in [-0.15, -0.1) is 0 Å². The van der Waals surface area contributed by atoms with Crippen LogP contribution in [0.4, 0.5) is 5.69 Å². The molecule has 0 saturated carbocycles. The van der Waals surface area contributed by atoms with E-state index in [0.29, 0.717) is 12.4 Å². The Morgan fingerprint density at radius 2 is 1.79 bits per heavy atom. The SMILES string of the molecule is Nc1ccc(C2COc3c(ccc(O)c3O)C2)cc1. The molecule has 4 heteroatoms. The van der Waals surface area contributed by atoms with Gasteiger partial charge in [-0.1, -0.05) is 18.2 Å². The van der Waals surface area contributed by atoms with Gasteiger partial charge < -0.3 is 20.7 Å². The number of phenolic OH excluding ortho intramolecular Hbond substituents is 2. The van der Waals surface area contributed by atoms with Gasteiger partial charge >= 0.3 is 0 Å². The molecule has 0 saturated heterocycles. The Morgan fingerprint density at radius 3 is 2.53 bits per heavy atom. The molecule has 0 bridgehead atoms. The predicted molar refractivity (Wildman–Crippen MR) is 72.6 cm³/mol. The molecule has 1 aliphatic rings. The lowest BCUT2D eigenvalue weighted by Gasteiger charge is -2.26. The van der Waals surface area contributed by atoms with Crippen molar-refractivity contribution in [1.29, 1.82) is 0 Å². The number of fused-ring (bicyclic) bond motifs is 1. The zero-order chi connectivity index (χ0) is 13.4. The van der Waals surface area contributed by atoms with Crippen LogP contribution in [0.5, 0.6) is 17.2 Å². The van der Waals surface area contributed by atoms with Crippen molar-refractivity contribution in [2.24, 2.45) is 0 Å². The third-order valence-corrected chi connectivity index (χ3v) is 3.49. The lowest BCUT2D eigenvalue weighted by molar-refractivity contribution is 0.246. The highest BCUT2D eigenvalue weighted by Crippen LogP contribution is 2.43. The van der Waals surface area contributed by atoms with Crippen LogP contribution < -0.4 is 10.5 Å². The smallest absolute Gasteiger partial charge is 0.200 e. The van der Waals surface area contributed by atoms with E-state index in [4.69, 9.17) is 10.5 Å². The number of nitrogens with two attached hydrogens (primary N) is 1. The molecule has 0 amide bonds. The van der Waals surface area contributed by atoms with Gasteiger partial charge in [0.05, 0.1) is 6.61 Å². The predicted octanol–water partition coefficient (Wildman–Crippen LogP) is 2.40. The van der Waals surface area contributed by atoms with E-state index >= 15 is 0 Å². The van der Waals surface area contributed by atoms with E-state index in [9.17, 15) is 10.2 Å². The second-order valence-electron chi connectivity index (χ2n) is 4.80. The summed E-state index contributed by atoms with van der Waals surface area (Å²) < 4.78 is 5.59. The highest BCUT2D eigenvalue weighted by molar-refractivity contribution is 5.55. The molecule has 4 N–H and O–H groups in total. The summed E-state index contributed by atoms with van der Waals surface area (Å²) in [5.41, 5.74) is 8.48. The number of ether oxygens (including phenoxy) is 1. The first kappa shape index (κ1) is 11.7. The second kappa shape index (κ2) is 4.39. The van der Waals surface area contributed by atoms with Crippen molar-refractivity contribution in [3.8, 4) is 17.2 Å². The van der Waals surface area contributed by atoms with Crippen LogP contribution in [0, 0.1) is 0 Å². The van der Waals surface area contributed by atoms with Gasteiger partial charge in [-0.05, 0) is 35.7 Å². The topological polar surface area (TPSA) is 75.7 Å². The lowest BCUT2D eigenvalue weighted by atomic mass is 9.90. The summed E-state index contributed by atoms with van der Waals surface area (Å²) in [5, 5.41) is 19.2. The zero-order valence-electron chi connectivity index (χ0n) is 10.3. The van der Waals surface area contributed by atoms with Crippen molar-refractivity contribution >= 4 is 5.69 Å². The largest absolute Gasteiger partial charge is 0.504 e. The van der Waals surface area contributed by atoms with Crippen LogP contribution in [-0.4, -0.2) is 16.8 Å². The number of aromatic hydroxyl groups is 2. The Labute approximate surface area is 111 Å². The van der Waals surface area contributed by atoms with Crippen LogP contribution in [0.1, 0.15) is 17.0 Å². The van der Waals surface area contributed by atoms with Crippen molar-refractivity contribution in [3.63, 3.8) is 0 Å². The van der Waals surface area contributed by atoms with Crippen molar-refractivity contribution < 1.29 is 14.9 Å². The minimum Gasteiger partial charge on any atom is -0.504 e. The summed E-state index contributed by atoms with van der Waals surface area (Å²) in [6.07, 6.45) is 0.771. The Kier molecular flexibility index (Phi) is 2.71. The average molecular weight is 257 g/mol. The molecule has 4 nitrogen and oxygen atoms in total. The molecule has 2 aromatic carbocycles. The van der Waals surface area contributed by atoms with E-state index in [1.165, 1.54) is 6.07 Å². The molecule has 19 heavy (non-hydrogen) atoms. The second-order valence-corrected chi connectivity index (χ2v) is 4.80. The van der Waals surface area contributed by atoms with E-state index < -0.39 is 0 Å². The van der Waals surface area contributed by atoms with Gasteiger partial charge in [0.2, 0.25) is 5.75 Å². The maximum Gasteiger partial charge on any atom is 0.200 e. The molecular formula is C15H15NO3. The van der Waals surface area contributed by atoms with Crippen LogP contribution >= 0.6 is 0 Å². The van der Waals surface area contributed by atoms with Crippen LogP contribution in [-0.2, 0) is 6.42 Å². The van der Waals surface area contributed by atoms with E-state index in [1.54, 1.807) is 6.07 Å². The monoisotopic (exact) mass is 257 g/mol. The minimum atomic E-state index is -0.173. The fraction of sp³-hybridized carbons (Fsp3) is 0.200. The Bertz CT molecular complexity index is 608. The minimum absolute atomic E-state index is 0.148. The average Bonchev–Trinajstić information content (AvgIpc) is 2.43. The first-order valence-corrected chi connectivity index (χ1v) is 6.17. The number of phenols is 2. The fourth-order valence-corrected chi connectivity index (χ4v) is 2.41. The van der Waals surface area contributed by atoms with Crippen LogP contribution in [0.25, 0.3) is 0 Å². The first-order chi connectivity index (χ1) is 9.15. The van der Waals surface area contributed by atoms with Gasteiger partial charge in [-0.25, -0.2) is 0 Å². The lowest BCUT2D eigenvalue weighted by Crippen LogP contribution is -2.19. The quantitative estimate of drug-likeness (QED) is 0.541. The number of anilines is 1. The molecule has 1 atom stereocenters. The molecule has 98 valence electrons. The van der Waals surface area contributed by atoms with Crippen LogP contribution in [0.2, 0.25) is 0 Å². The number of rotatable bonds is 1. The van der Waals surface area contributed by atoms with Crippen molar-refractivity contribution in [2.45, 2.75) is 12.3 Å². The fourth-order valence-electron chi connectivity index (χ4n) is 2.41. The molecule has 1 heterocycles. The molecule has 0 aliphatic carbocycles. The first-order valence-electron chi connectivity index (χ1n) is 6.17. The third-order valence-electron chi connectivity index (χ3n) is 3.49. The Balaban J connectivity index is 1.90. The highest BCUT2D eigenvalue weighted by Gasteiger charge is 2.24. The van der Waals surface area contributed by atoms with E-state index in [-0.39, 0.29) is 17.4 Å². The summed E-state index contributed by atoms with van der Waals surface area (Å²) >= 11 is 0. The van der Waals surface area contributed by atoms with Gasteiger partial charge in [-0.3, -0.25) is 0 Å². The van der Waals surface area contributed by atoms with Crippen LogP contribution in [0.3, 0.4) is 0 Å². The third kappa shape index (κ3) is 2.05. The summed E-state index contributed by atoms with van der Waals surface area (Å²) in [4.78, 5) is 0. The van der Waals surface area contributed by atoms with Gasteiger partial charge in [0.25, 0.3) is 0 Å².